The molecule has 0 bridgehead atoms. The molecule has 4 heteroatoms. The molecule has 4 nitrogen and oxygen atoms in total. The van der Waals surface area contributed by atoms with Crippen molar-refractivity contribution in [3.8, 4) is 0 Å². The molecular weight excluding hydrogens is 276 g/mol. The van der Waals surface area contributed by atoms with Crippen LogP contribution in [0.25, 0.3) is 0 Å². The van der Waals surface area contributed by atoms with E-state index in [4.69, 9.17) is 0 Å². The molecular formula is C18H24N2O2. The van der Waals surface area contributed by atoms with E-state index in [0.717, 1.165) is 24.1 Å². The van der Waals surface area contributed by atoms with Crippen LogP contribution in [0.1, 0.15) is 48.5 Å². The highest BCUT2D eigenvalue weighted by atomic mass is 16.2. The lowest BCUT2D eigenvalue weighted by Gasteiger charge is -2.25. The zero-order chi connectivity index (χ0) is 15.7. The van der Waals surface area contributed by atoms with E-state index >= 15 is 0 Å². The van der Waals surface area contributed by atoms with Gasteiger partial charge in [0.1, 0.15) is 0 Å². The van der Waals surface area contributed by atoms with E-state index in [1.807, 2.05) is 41.1 Å². The molecule has 1 saturated heterocycles. The Morgan fingerprint density at radius 3 is 2.82 bits per heavy atom. The first kappa shape index (κ1) is 15.1. The molecule has 1 saturated carbocycles. The summed E-state index contributed by atoms with van der Waals surface area (Å²) in [6.45, 7) is 3.57. The third-order valence-corrected chi connectivity index (χ3v) is 4.95. The topological polar surface area (TPSA) is 40.6 Å². The van der Waals surface area contributed by atoms with Crippen molar-refractivity contribution in [3.63, 3.8) is 0 Å². The van der Waals surface area contributed by atoms with Crippen molar-refractivity contribution in [1.82, 2.24) is 9.80 Å². The van der Waals surface area contributed by atoms with Crippen molar-refractivity contribution in [2.45, 2.75) is 45.2 Å². The molecule has 1 aromatic rings. The number of nitrogens with zero attached hydrogens (tertiary/aromatic N) is 2. The van der Waals surface area contributed by atoms with E-state index in [2.05, 4.69) is 6.92 Å². The van der Waals surface area contributed by atoms with E-state index in [1.54, 1.807) is 0 Å². The number of amides is 2. The molecule has 3 rings (SSSR count). The van der Waals surface area contributed by atoms with Crippen LogP contribution in [0.5, 0.6) is 0 Å². The lowest BCUT2D eigenvalue weighted by molar-refractivity contribution is -0.128. The second-order valence-electron chi connectivity index (χ2n) is 6.61. The minimum atomic E-state index is 0.0778. The first-order valence-corrected chi connectivity index (χ1v) is 8.20. The number of hydrogen-bond donors (Lipinski definition) is 0. The van der Waals surface area contributed by atoms with Crippen LogP contribution >= 0.6 is 0 Å². The smallest absolute Gasteiger partial charge is 0.253 e. The van der Waals surface area contributed by atoms with Gasteiger partial charge in [-0.3, -0.25) is 9.59 Å². The predicted molar refractivity (Wildman–Crippen MR) is 85.4 cm³/mol. The van der Waals surface area contributed by atoms with Crippen molar-refractivity contribution in [2.75, 3.05) is 13.6 Å². The van der Waals surface area contributed by atoms with Gasteiger partial charge in [0.05, 0.1) is 0 Å². The van der Waals surface area contributed by atoms with Crippen LogP contribution in [0, 0.1) is 5.92 Å². The first-order chi connectivity index (χ1) is 10.6. The lowest BCUT2D eigenvalue weighted by atomic mass is 10.1. The van der Waals surface area contributed by atoms with Crippen LogP contribution in [0.15, 0.2) is 24.3 Å². The molecule has 0 radical (unpaired) electrons. The summed E-state index contributed by atoms with van der Waals surface area (Å²) in [6, 6.07) is 8.01. The molecule has 1 heterocycles. The summed E-state index contributed by atoms with van der Waals surface area (Å²) in [5.74, 6) is 0.963. The molecule has 0 aromatic heterocycles. The van der Waals surface area contributed by atoms with Gasteiger partial charge < -0.3 is 9.80 Å². The van der Waals surface area contributed by atoms with E-state index in [9.17, 15) is 9.59 Å². The minimum Gasteiger partial charge on any atom is -0.339 e. The van der Waals surface area contributed by atoms with Gasteiger partial charge in [0.2, 0.25) is 5.91 Å². The van der Waals surface area contributed by atoms with Gasteiger partial charge in [-0.15, -0.1) is 0 Å². The SMILES string of the molecule is CC(C1CC1)N(C)C(=O)c1cccc(CN2CCCC2=O)c1. The molecule has 1 atom stereocenters. The molecule has 1 aliphatic carbocycles. The van der Waals surface area contributed by atoms with Gasteiger partial charge in [0.15, 0.2) is 0 Å². The van der Waals surface area contributed by atoms with Gasteiger partial charge in [-0.25, -0.2) is 0 Å². The highest BCUT2D eigenvalue weighted by molar-refractivity contribution is 5.94. The average Bonchev–Trinajstić information content (AvgIpc) is 3.30. The van der Waals surface area contributed by atoms with Crippen LogP contribution in [0.4, 0.5) is 0 Å². The monoisotopic (exact) mass is 300 g/mol. The first-order valence-electron chi connectivity index (χ1n) is 8.20. The maximum atomic E-state index is 12.6. The third-order valence-electron chi connectivity index (χ3n) is 4.95. The Hall–Kier alpha value is -1.84. The van der Waals surface area contributed by atoms with Gasteiger partial charge in [0, 0.05) is 38.2 Å². The Kier molecular flexibility index (Phi) is 4.19. The highest BCUT2D eigenvalue weighted by Crippen LogP contribution is 2.35. The second kappa shape index (κ2) is 6.11. The van der Waals surface area contributed by atoms with Gasteiger partial charge in [-0.1, -0.05) is 12.1 Å². The standard InChI is InChI=1S/C18H24N2O2/c1-13(15-8-9-15)19(2)18(22)16-6-3-5-14(11-16)12-20-10-4-7-17(20)21/h3,5-6,11,13,15H,4,7-10,12H2,1-2H3. The summed E-state index contributed by atoms with van der Waals surface area (Å²) in [5, 5.41) is 0. The Morgan fingerprint density at radius 1 is 1.41 bits per heavy atom. The summed E-state index contributed by atoms with van der Waals surface area (Å²) in [5.41, 5.74) is 1.76. The predicted octanol–water partition coefficient (Wildman–Crippen LogP) is 2.68. The molecule has 1 aliphatic heterocycles. The van der Waals surface area contributed by atoms with Crippen LogP contribution in [0.3, 0.4) is 0 Å². The maximum absolute atomic E-state index is 12.6. The Bertz CT molecular complexity index is 580. The highest BCUT2D eigenvalue weighted by Gasteiger charge is 2.32. The molecule has 2 amide bonds. The van der Waals surface area contributed by atoms with Crippen LogP contribution in [0.2, 0.25) is 0 Å². The molecule has 1 unspecified atom stereocenters. The number of likely N-dealkylation sites (tertiary alicyclic amines) is 1. The van der Waals surface area contributed by atoms with Gasteiger partial charge in [0.25, 0.3) is 5.91 Å². The second-order valence-corrected chi connectivity index (χ2v) is 6.61. The van der Waals surface area contributed by atoms with Gasteiger partial charge >= 0.3 is 0 Å². The van der Waals surface area contributed by atoms with E-state index in [-0.39, 0.29) is 11.8 Å². The normalized spacial score (nSPS) is 19.4. The maximum Gasteiger partial charge on any atom is 0.253 e. The van der Waals surface area contributed by atoms with Crippen molar-refractivity contribution >= 4 is 11.8 Å². The quantitative estimate of drug-likeness (QED) is 0.839. The van der Waals surface area contributed by atoms with Crippen LogP contribution < -0.4 is 0 Å². The summed E-state index contributed by atoms with van der Waals surface area (Å²) in [7, 11) is 1.89. The average molecular weight is 300 g/mol. The fourth-order valence-corrected chi connectivity index (χ4v) is 3.18. The van der Waals surface area contributed by atoms with Gasteiger partial charge in [-0.05, 0) is 49.8 Å². The Balaban J connectivity index is 1.69. The summed E-state index contributed by atoms with van der Waals surface area (Å²) in [4.78, 5) is 28.1. The molecule has 0 spiro atoms. The van der Waals surface area contributed by atoms with Crippen molar-refractivity contribution in [2.24, 2.45) is 5.92 Å². The fourth-order valence-electron chi connectivity index (χ4n) is 3.18. The fraction of sp³-hybridized carbons (Fsp3) is 0.556. The summed E-state index contributed by atoms with van der Waals surface area (Å²) >= 11 is 0. The summed E-state index contributed by atoms with van der Waals surface area (Å²) in [6.07, 6.45) is 4.06. The molecule has 118 valence electrons. The van der Waals surface area contributed by atoms with Crippen molar-refractivity contribution < 1.29 is 9.59 Å². The molecule has 1 aromatic carbocycles. The van der Waals surface area contributed by atoms with Crippen LogP contribution in [-0.4, -0.2) is 41.2 Å². The number of rotatable bonds is 5. The largest absolute Gasteiger partial charge is 0.339 e. The zero-order valence-corrected chi connectivity index (χ0v) is 13.4. The van der Waals surface area contributed by atoms with E-state index < -0.39 is 0 Å². The Labute approximate surface area is 132 Å². The molecule has 0 N–H and O–H groups in total. The van der Waals surface area contributed by atoms with Gasteiger partial charge in [-0.2, -0.15) is 0 Å². The lowest BCUT2D eigenvalue weighted by Crippen LogP contribution is -2.36. The number of carbonyl (C=O) groups excluding carboxylic acids is 2. The van der Waals surface area contributed by atoms with Crippen LogP contribution in [-0.2, 0) is 11.3 Å². The van der Waals surface area contributed by atoms with E-state index in [1.165, 1.54) is 12.8 Å². The molecule has 2 aliphatic rings. The molecule has 22 heavy (non-hydrogen) atoms. The summed E-state index contributed by atoms with van der Waals surface area (Å²) < 4.78 is 0. The molecule has 2 fully saturated rings. The number of hydrogen-bond acceptors (Lipinski definition) is 2. The number of benzene rings is 1. The Morgan fingerprint density at radius 2 is 2.18 bits per heavy atom. The zero-order valence-electron chi connectivity index (χ0n) is 13.4. The third kappa shape index (κ3) is 3.16. The van der Waals surface area contributed by atoms with E-state index in [0.29, 0.717) is 24.9 Å². The number of carbonyl (C=O) groups is 2. The van der Waals surface area contributed by atoms with Crippen molar-refractivity contribution in [3.05, 3.63) is 35.4 Å². The minimum absolute atomic E-state index is 0.0778. The van der Waals surface area contributed by atoms with Crippen molar-refractivity contribution in [1.29, 1.82) is 0 Å².